The second kappa shape index (κ2) is 6.33. The SMILES string of the molecule is O=C(O)c1ccc(-c2cccc(S(=O)(=O)N3CCCC3)c2)cc1F. The molecular formula is C17H16FNO4S. The first-order chi connectivity index (χ1) is 11.4. The molecule has 3 rings (SSSR count). The molecule has 7 heteroatoms. The molecule has 0 spiro atoms. The van der Waals surface area contributed by atoms with Crippen LogP contribution in [0.2, 0.25) is 0 Å². The van der Waals surface area contributed by atoms with E-state index in [1.165, 1.54) is 28.6 Å². The van der Waals surface area contributed by atoms with Crippen LogP contribution in [0.25, 0.3) is 11.1 Å². The summed E-state index contributed by atoms with van der Waals surface area (Å²) in [4.78, 5) is 11.0. The maximum absolute atomic E-state index is 13.9. The third-order valence-corrected chi connectivity index (χ3v) is 5.96. The van der Waals surface area contributed by atoms with Gasteiger partial charge in [-0.05, 0) is 48.2 Å². The molecule has 0 aromatic heterocycles. The van der Waals surface area contributed by atoms with Crippen molar-refractivity contribution >= 4 is 16.0 Å². The first-order valence-corrected chi connectivity index (χ1v) is 8.97. The fourth-order valence-electron chi connectivity index (χ4n) is 2.78. The molecule has 1 fully saturated rings. The van der Waals surface area contributed by atoms with Gasteiger partial charge in [-0.15, -0.1) is 0 Å². The summed E-state index contributed by atoms with van der Waals surface area (Å²) >= 11 is 0. The average Bonchev–Trinajstić information content (AvgIpc) is 3.10. The molecule has 24 heavy (non-hydrogen) atoms. The summed E-state index contributed by atoms with van der Waals surface area (Å²) in [5, 5.41) is 8.87. The van der Waals surface area contributed by atoms with Crippen molar-refractivity contribution in [3.63, 3.8) is 0 Å². The zero-order chi connectivity index (χ0) is 17.3. The lowest BCUT2D eigenvalue weighted by Crippen LogP contribution is -2.27. The Hall–Kier alpha value is -2.25. The molecule has 2 aromatic rings. The van der Waals surface area contributed by atoms with Gasteiger partial charge >= 0.3 is 5.97 Å². The lowest BCUT2D eigenvalue weighted by molar-refractivity contribution is 0.0692. The van der Waals surface area contributed by atoms with Crippen LogP contribution < -0.4 is 0 Å². The molecule has 0 aliphatic carbocycles. The molecule has 5 nitrogen and oxygen atoms in total. The molecule has 0 amide bonds. The van der Waals surface area contributed by atoms with Crippen molar-refractivity contribution in [3.05, 3.63) is 53.8 Å². The van der Waals surface area contributed by atoms with Gasteiger partial charge in [0.2, 0.25) is 10.0 Å². The van der Waals surface area contributed by atoms with E-state index >= 15 is 0 Å². The van der Waals surface area contributed by atoms with E-state index in [1.807, 2.05) is 0 Å². The third kappa shape index (κ3) is 3.05. The Morgan fingerprint density at radius 1 is 1.04 bits per heavy atom. The summed E-state index contributed by atoms with van der Waals surface area (Å²) in [6, 6.07) is 10.0. The molecule has 1 aliphatic heterocycles. The maximum atomic E-state index is 13.9. The smallest absolute Gasteiger partial charge is 0.338 e. The van der Waals surface area contributed by atoms with Crippen LogP contribution in [0, 0.1) is 5.82 Å². The number of hydrogen-bond acceptors (Lipinski definition) is 3. The van der Waals surface area contributed by atoms with Crippen LogP contribution in [0.5, 0.6) is 0 Å². The Morgan fingerprint density at radius 3 is 2.33 bits per heavy atom. The number of carboxylic acids is 1. The Balaban J connectivity index is 1.99. The molecule has 1 saturated heterocycles. The zero-order valence-electron chi connectivity index (χ0n) is 12.8. The fraction of sp³-hybridized carbons (Fsp3) is 0.235. The van der Waals surface area contributed by atoms with Gasteiger partial charge in [-0.3, -0.25) is 0 Å². The number of sulfonamides is 1. The van der Waals surface area contributed by atoms with Crippen LogP contribution in [0.3, 0.4) is 0 Å². The number of benzene rings is 2. The highest BCUT2D eigenvalue weighted by Crippen LogP contribution is 2.27. The predicted molar refractivity (Wildman–Crippen MR) is 86.8 cm³/mol. The third-order valence-electron chi connectivity index (χ3n) is 4.07. The second-order valence-electron chi connectivity index (χ2n) is 5.64. The zero-order valence-corrected chi connectivity index (χ0v) is 13.6. The molecule has 126 valence electrons. The number of carboxylic acid groups (broad SMARTS) is 1. The summed E-state index contributed by atoms with van der Waals surface area (Å²) in [6.45, 7) is 1.02. The minimum Gasteiger partial charge on any atom is -0.478 e. The van der Waals surface area contributed by atoms with E-state index in [2.05, 4.69) is 0 Å². The van der Waals surface area contributed by atoms with Crippen LogP contribution in [0.1, 0.15) is 23.2 Å². The van der Waals surface area contributed by atoms with Gasteiger partial charge in [-0.25, -0.2) is 17.6 Å². The van der Waals surface area contributed by atoms with Gasteiger partial charge in [-0.1, -0.05) is 18.2 Å². The van der Waals surface area contributed by atoms with Crippen molar-refractivity contribution in [1.29, 1.82) is 0 Å². The monoisotopic (exact) mass is 349 g/mol. The van der Waals surface area contributed by atoms with Crippen LogP contribution in [-0.4, -0.2) is 36.9 Å². The second-order valence-corrected chi connectivity index (χ2v) is 7.58. The van der Waals surface area contributed by atoms with Crippen molar-refractivity contribution < 1.29 is 22.7 Å². The van der Waals surface area contributed by atoms with Gasteiger partial charge in [-0.2, -0.15) is 4.31 Å². The van der Waals surface area contributed by atoms with E-state index in [0.29, 0.717) is 24.2 Å². The minimum absolute atomic E-state index is 0.157. The van der Waals surface area contributed by atoms with E-state index in [0.717, 1.165) is 18.9 Å². The normalized spacial score (nSPS) is 15.5. The van der Waals surface area contributed by atoms with Crippen LogP contribution >= 0.6 is 0 Å². The van der Waals surface area contributed by atoms with Crippen molar-refractivity contribution in [1.82, 2.24) is 4.31 Å². The van der Waals surface area contributed by atoms with Gasteiger partial charge in [0.05, 0.1) is 10.5 Å². The highest BCUT2D eigenvalue weighted by Gasteiger charge is 2.27. The van der Waals surface area contributed by atoms with Crippen molar-refractivity contribution in [2.45, 2.75) is 17.7 Å². The number of carbonyl (C=O) groups is 1. The van der Waals surface area contributed by atoms with Gasteiger partial charge in [0.15, 0.2) is 0 Å². The molecule has 0 bridgehead atoms. The summed E-state index contributed by atoms with van der Waals surface area (Å²) in [7, 11) is -3.56. The van der Waals surface area contributed by atoms with Crippen molar-refractivity contribution in [3.8, 4) is 11.1 Å². The van der Waals surface area contributed by atoms with Gasteiger partial charge in [0.1, 0.15) is 5.82 Å². The molecule has 1 N–H and O–H groups in total. The summed E-state index contributed by atoms with van der Waals surface area (Å²) < 4.78 is 40.5. The van der Waals surface area contributed by atoms with Crippen LogP contribution in [0.4, 0.5) is 4.39 Å². The molecule has 0 radical (unpaired) electrons. The van der Waals surface area contributed by atoms with E-state index in [-0.39, 0.29) is 4.90 Å². The number of aromatic carboxylic acids is 1. The molecule has 1 heterocycles. The van der Waals surface area contributed by atoms with E-state index in [4.69, 9.17) is 5.11 Å². The van der Waals surface area contributed by atoms with Gasteiger partial charge in [0, 0.05) is 13.1 Å². The van der Waals surface area contributed by atoms with E-state index < -0.39 is 27.4 Å². The molecule has 0 unspecified atom stereocenters. The largest absolute Gasteiger partial charge is 0.478 e. The number of halogens is 1. The molecule has 2 aromatic carbocycles. The molecule has 1 aliphatic rings. The lowest BCUT2D eigenvalue weighted by atomic mass is 10.0. The standard InChI is InChI=1S/C17H16FNO4S/c18-16-11-13(6-7-15(16)17(20)21)12-4-3-5-14(10-12)24(22,23)19-8-1-2-9-19/h3-7,10-11H,1-2,8-9H2,(H,20,21). The predicted octanol–water partition coefficient (Wildman–Crippen LogP) is 2.98. The fourth-order valence-corrected chi connectivity index (χ4v) is 4.35. The molecular weight excluding hydrogens is 333 g/mol. The first kappa shape index (κ1) is 16.6. The van der Waals surface area contributed by atoms with Gasteiger partial charge < -0.3 is 5.11 Å². The van der Waals surface area contributed by atoms with E-state index in [1.54, 1.807) is 12.1 Å². The Bertz CT molecular complexity index is 889. The van der Waals surface area contributed by atoms with Crippen molar-refractivity contribution in [2.24, 2.45) is 0 Å². The molecule has 0 saturated carbocycles. The minimum atomic E-state index is -3.56. The summed E-state index contributed by atoms with van der Waals surface area (Å²) in [5.41, 5.74) is 0.529. The quantitative estimate of drug-likeness (QED) is 0.921. The Kier molecular flexibility index (Phi) is 4.38. The van der Waals surface area contributed by atoms with E-state index in [9.17, 15) is 17.6 Å². The Morgan fingerprint density at radius 2 is 1.71 bits per heavy atom. The number of nitrogens with zero attached hydrogens (tertiary/aromatic N) is 1. The number of rotatable bonds is 4. The average molecular weight is 349 g/mol. The lowest BCUT2D eigenvalue weighted by Gasteiger charge is -2.16. The van der Waals surface area contributed by atoms with Crippen LogP contribution in [0.15, 0.2) is 47.4 Å². The first-order valence-electron chi connectivity index (χ1n) is 7.53. The van der Waals surface area contributed by atoms with Crippen molar-refractivity contribution in [2.75, 3.05) is 13.1 Å². The van der Waals surface area contributed by atoms with Gasteiger partial charge in [0.25, 0.3) is 0 Å². The topological polar surface area (TPSA) is 74.7 Å². The number of hydrogen-bond donors (Lipinski definition) is 1. The Labute approximate surface area is 139 Å². The maximum Gasteiger partial charge on any atom is 0.338 e. The summed E-state index contributed by atoms with van der Waals surface area (Å²) in [5.74, 6) is -2.20. The summed E-state index contributed by atoms with van der Waals surface area (Å²) in [6.07, 6.45) is 1.70. The van der Waals surface area contributed by atoms with Crippen LogP contribution in [-0.2, 0) is 10.0 Å². The highest BCUT2D eigenvalue weighted by molar-refractivity contribution is 7.89. The highest BCUT2D eigenvalue weighted by atomic mass is 32.2. The molecule has 0 atom stereocenters.